The van der Waals surface area contributed by atoms with Gasteiger partial charge in [0.05, 0.1) is 17.3 Å². The second kappa shape index (κ2) is 3.55. The predicted molar refractivity (Wildman–Crippen MR) is 63.5 cm³/mol. The zero-order chi connectivity index (χ0) is 11.8. The van der Waals surface area contributed by atoms with Gasteiger partial charge in [0.25, 0.3) is 0 Å². The third-order valence-electron chi connectivity index (χ3n) is 2.66. The Balaban J connectivity index is 2.26. The minimum absolute atomic E-state index is 0.101. The quantitative estimate of drug-likeness (QED) is 0.665. The van der Waals surface area contributed by atoms with E-state index in [0.717, 1.165) is 11.1 Å². The van der Waals surface area contributed by atoms with Crippen LogP contribution in [0.25, 0.3) is 22.6 Å². The maximum atomic E-state index is 9.72. The van der Waals surface area contributed by atoms with E-state index >= 15 is 0 Å². The van der Waals surface area contributed by atoms with Gasteiger partial charge in [0.1, 0.15) is 11.6 Å². The SMILES string of the molecule is Cc1ccnc2nc(-c3ccncc3O)[nH]c12. The molecule has 0 atom stereocenters. The summed E-state index contributed by atoms with van der Waals surface area (Å²) in [4.78, 5) is 15.5. The van der Waals surface area contributed by atoms with E-state index in [1.807, 2.05) is 13.0 Å². The van der Waals surface area contributed by atoms with Gasteiger partial charge in [-0.2, -0.15) is 0 Å². The molecule has 3 rings (SSSR count). The van der Waals surface area contributed by atoms with Crippen LogP contribution in [0.2, 0.25) is 0 Å². The van der Waals surface area contributed by atoms with Crippen LogP contribution in [0.1, 0.15) is 5.56 Å². The minimum Gasteiger partial charge on any atom is -0.506 e. The Bertz CT molecular complexity index is 690. The maximum absolute atomic E-state index is 9.72. The van der Waals surface area contributed by atoms with Crippen molar-refractivity contribution in [3.63, 3.8) is 0 Å². The smallest absolute Gasteiger partial charge is 0.178 e. The third kappa shape index (κ3) is 1.52. The van der Waals surface area contributed by atoms with Crippen LogP contribution in [-0.4, -0.2) is 25.0 Å². The fourth-order valence-corrected chi connectivity index (χ4v) is 1.75. The molecule has 5 nitrogen and oxygen atoms in total. The molecule has 17 heavy (non-hydrogen) atoms. The first kappa shape index (κ1) is 9.77. The van der Waals surface area contributed by atoms with Gasteiger partial charge in [-0.15, -0.1) is 0 Å². The fourth-order valence-electron chi connectivity index (χ4n) is 1.75. The lowest BCUT2D eigenvalue weighted by atomic mass is 10.2. The Labute approximate surface area is 97.2 Å². The van der Waals surface area contributed by atoms with Crippen LogP contribution in [0.15, 0.2) is 30.7 Å². The molecule has 0 fully saturated rings. The average molecular weight is 226 g/mol. The van der Waals surface area contributed by atoms with Crippen molar-refractivity contribution in [2.75, 3.05) is 0 Å². The number of H-pyrrole nitrogens is 1. The van der Waals surface area contributed by atoms with Crippen LogP contribution in [-0.2, 0) is 0 Å². The van der Waals surface area contributed by atoms with Gasteiger partial charge in [-0.3, -0.25) is 4.98 Å². The Morgan fingerprint density at radius 1 is 1.24 bits per heavy atom. The van der Waals surface area contributed by atoms with Gasteiger partial charge in [-0.25, -0.2) is 9.97 Å². The summed E-state index contributed by atoms with van der Waals surface area (Å²) < 4.78 is 0. The van der Waals surface area contributed by atoms with Gasteiger partial charge in [0, 0.05) is 12.4 Å². The number of aryl methyl sites for hydroxylation is 1. The highest BCUT2D eigenvalue weighted by molar-refractivity contribution is 5.79. The monoisotopic (exact) mass is 226 g/mol. The van der Waals surface area contributed by atoms with Crippen molar-refractivity contribution in [3.05, 3.63) is 36.3 Å². The molecule has 3 aromatic heterocycles. The Kier molecular flexibility index (Phi) is 2.04. The van der Waals surface area contributed by atoms with Gasteiger partial charge < -0.3 is 10.1 Å². The molecule has 0 saturated carbocycles. The highest BCUT2D eigenvalue weighted by atomic mass is 16.3. The summed E-state index contributed by atoms with van der Waals surface area (Å²) in [6.07, 6.45) is 4.72. The van der Waals surface area contributed by atoms with Crippen LogP contribution in [0.4, 0.5) is 0 Å². The van der Waals surface area contributed by atoms with Gasteiger partial charge in [-0.05, 0) is 24.6 Å². The number of rotatable bonds is 1. The fraction of sp³-hybridized carbons (Fsp3) is 0.0833. The number of fused-ring (bicyclic) bond motifs is 1. The molecule has 0 unspecified atom stereocenters. The van der Waals surface area contributed by atoms with Crippen molar-refractivity contribution in [2.45, 2.75) is 6.92 Å². The van der Waals surface area contributed by atoms with Crippen LogP contribution < -0.4 is 0 Å². The average Bonchev–Trinajstić information content (AvgIpc) is 2.75. The van der Waals surface area contributed by atoms with Crippen molar-refractivity contribution in [1.29, 1.82) is 0 Å². The van der Waals surface area contributed by atoms with Crippen molar-refractivity contribution < 1.29 is 5.11 Å². The summed E-state index contributed by atoms with van der Waals surface area (Å²) in [6.45, 7) is 1.98. The molecule has 0 aromatic carbocycles. The van der Waals surface area contributed by atoms with E-state index < -0.39 is 0 Å². The van der Waals surface area contributed by atoms with E-state index in [1.165, 1.54) is 6.20 Å². The van der Waals surface area contributed by atoms with Gasteiger partial charge >= 0.3 is 0 Å². The summed E-state index contributed by atoms with van der Waals surface area (Å²) in [7, 11) is 0. The van der Waals surface area contributed by atoms with E-state index in [9.17, 15) is 5.11 Å². The number of imidazole rings is 1. The summed E-state index contributed by atoms with van der Waals surface area (Å²) >= 11 is 0. The van der Waals surface area contributed by atoms with Crippen molar-refractivity contribution in [3.8, 4) is 17.1 Å². The molecule has 0 aliphatic rings. The van der Waals surface area contributed by atoms with Crippen molar-refractivity contribution in [2.24, 2.45) is 0 Å². The molecule has 5 heteroatoms. The van der Waals surface area contributed by atoms with E-state index in [-0.39, 0.29) is 5.75 Å². The molecule has 0 aliphatic heterocycles. The molecule has 2 N–H and O–H groups in total. The molecule has 0 spiro atoms. The summed E-state index contributed by atoms with van der Waals surface area (Å²) in [6, 6.07) is 3.62. The summed E-state index contributed by atoms with van der Waals surface area (Å²) in [5.74, 6) is 0.700. The van der Waals surface area contributed by atoms with Crippen LogP contribution in [0.3, 0.4) is 0 Å². The lowest BCUT2D eigenvalue weighted by Gasteiger charge is -1.98. The van der Waals surface area contributed by atoms with Crippen LogP contribution in [0.5, 0.6) is 5.75 Å². The van der Waals surface area contributed by atoms with E-state index in [0.29, 0.717) is 17.0 Å². The highest BCUT2D eigenvalue weighted by Gasteiger charge is 2.10. The highest BCUT2D eigenvalue weighted by Crippen LogP contribution is 2.27. The largest absolute Gasteiger partial charge is 0.506 e. The molecule has 0 saturated heterocycles. The molecular weight excluding hydrogens is 216 g/mol. The molecule has 0 radical (unpaired) electrons. The van der Waals surface area contributed by atoms with Crippen molar-refractivity contribution in [1.82, 2.24) is 19.9 Å². The second-order valence-corrected chi connectivity index (χ2v) is 3.80. The molecular formula is C12H10N4O. The van der Waals surface area contributed by atoms with Crippen LogP contribution >= 0.6 is 0 Å². The maximum Gasteiger partial charge on any atom is 0.178 e. The van der Waals surface area contributed by atoms with Gasteiger partial charge in [0.15, 0.2) is 5.65 Å². The molecule has 0 bridgehead atoms. The molecule has 3 heterocycles. The number of pyridine rings is 2. The number of hydrogen-bond acceptors (Lipinski definition) is 4. The molecule has 0 amide bonds. The zero-order valence-electron chi connectivity index (χ0n) is 9.18. The van der Waals surface area contributed by atoms with Gasteiger partial charge in [-0.1, -0.05) is 0 Å². The van der Waals surface area contributed by atoms with Crippen LogP contribution in [0, 0.1) is 6.92 Å². The first-order valence-corrected chi connectivity index (χ1v) is 5.20. The predicted octanol–water partition coefficient (Wildman–Crippen LogP) is 2.03. The first-order valence-electron chi connectivity index (χ1n) is 5.20. The number of aromatic amines is 1. The summed E-state index contributed by atoms with van der Waals surface area (Å²) in [5.41, 5.74) is 3.23. The minimum atomic E-state index is 0.101. The number of aromatic hydroxyl groups is 1. The standard InChI is InChI=1S/C12H10N4O/c1-7-2-5-14-12-10(7)15-11(16-12)8-3-4-13-6-9(8)17/h2-6,17H,1H3,(H,14,15,16). The number of aromatic nitrogens is 4. The number of nitrogens with one attached hydrogen (secondary N) is 1. The van der Waals surface area contributed by atoms with E-state index in [1.54, 1.807) is 18.5 Å². The number of nitrogens with zero attached hydrogens (tertiary/aromatic N) is 3. The van der Waals surface area contributed by atoms with E-state index in [4.69, 9.17) is 0 Å². The lowest BCUT2D eigenvalue weighted by molar-refractivity contribution is 0.474. The van der Waals surface area contributed by atoms with E-state index in [2.05, 4.69) is 19.9 Å². The van der Waals surface area contributed by atoms with Gasteiger partial charge in [0.2, 0.25) is 0 Å². The second-order valence-electron chi connectivity index (χ2n) is 3.80. The topological polar surface area (TPSA) is 74.7 Å². The third-order valence-corrected chi connectivity index (χ3v) is 2.66. The molecule has 0 aliphatic carbocycles. The normalized spacial score (nSPS) is 10.9. The molecule has 3 aromatic rings. The summed E-state index contributed by atoms with van der Waals surface area (Å²) in [5, 5.41) is 9.72. The van der Waals surface area contributed by atoms with Crippen molar-refractivity contribution >= 4 is 11.2 Å². The lowest BCUT2D eigenvalue weighted by Crippen LogP contribution is -1.82. The first-order chi connectivity index (χ1) is 8.25. The Morgan fingerprint density at radius 3 is 2.88 bits per heavy atom. The Morgan fingerprint density at radius 2 is 2.12 bits per heavy atom. The number of hydrogen-bond donors (Lipinski definition) is 2. The Hall–Kier alpha value is -2.43. The molecule has 84 valence electrons. The zero-order valence-corrected chi connectivity index (χ0v) is 9.18.